The molecule has 0 fully saturated rings. The van der Waals surface area contributed by atoms with Crippen molar-refractivity contribution in [3.63, 3.8) is 0 Å². The number of allylic oxidation sites excluding steroid dienone is 6. The molecule has 11 nitrogen and oxygen atoms in total. The molecule has 2 aliphatic rings. The maximum absolute atomic E-state index is 12.9. The summed E-state index contributed by atoms with van der Waals surface area (Å²) in [6.07, 6.45) is 11.1. The quantitative estimate of drug-likeness (QED) is 0.184. The van der Waals surface area contributed by atoms with Crippen LogP contribution in [0.4, 0.5) is 22.0 Å². The highest BCUT2D eigenvalue weighted by Crippen LogP contribution is 2.41. The van der Waals surface area contributed by atoms with E-state index in [0.717, 1.165) is 59.0 Å². The fourth-order valence-corrected chi connectivity index (χ4v) is 4.61. The van der Waals surface area contributed by atoms with E-state index in [2.05, 4.69) is 42.9 Å². The Labute approximate surface area is 268 Å². The SMILES string of the molecule is C=CC=O.CC.CNC1=CC=C(C=O)CC=C1.CNc1cccc(Nc2n[nH]c3c2CN(C(=O)NC(C)CN(C)C)C3(C)C)c1. The van der Waals surface area contributed by atoms with Crippen LogP contribution in [-0.4, -0.2) is 79.4 Å². The van der Waals surface area contributed by atoms with Gasteiger partial charge in [0.15, 0.2) is 5.82 Å². The summed E-state index contributed by atoms with van der Waals surface area (Å²) >= 11 is 0. The predicted octanol–water partition coefficient (Wildman–Crippen LogP) is 5.48. The molecule has 2 aromatic rings. The van der Waals surface area contributed by atoms with Gasteiger partial charge < -0.3 is 31.1 Å². The average molecular weight is 621 g/mol. The van der Waals surface area contributed by atoms with Gasteiger partial charge in [-0.1, -0.05) is 38.6 Å². The van der Waals surface area contributed by atoms with E-state index in [9.17, 15) is 9.59 Å². The van der Waals surface area contributed by atoms with E-state index in [4.69, 9.17) is 4.79 Å². The lowest BCUT2D eigenvalue weighted by atomic mass is 10.0. The van der Waals surface area contributed by atoms with Gasteiger partial charge in [0.1, 0.15) is 12.6 Å². The summed E-state index contributed by atoms with van der Waals surface area (Å²) < 4.78 is 0. The summed E-state index contributed by atoms with van der Waals surface area (Å²) in [4.78, 5) is 36.2. The second-order valence-corrected chi connectivity index (χ2v) is 10.8. The Balaban J connectivity index is 0.000000492. The maximum atomic E-state index is 12.9. The van der Waals surface area contributed by atoms with Gasteiger partial charge in [0.05, 0.1) is 17.8 Å². The topological polar surface area (TPSA) is 134 Å². The number of amides is 2. The fraction of sp³-hybridized carbons (Fsp3) is 0.412. The monoisotopic (exact) mass is 620 g/mol. The zero-order chi connectivity index (χ0) is 34.0. The van der Waals surface area contributed by atoms with E-state index >= 15 is 0 Å². The van der Waals surface area contributed by atoms with Gasteiger partial charge in [0, 0.05) is 49.3 Å². The van der Waals surface area contributed by atoms with Gasteiger partial charge in [-0.3, -0.25) is 14.7 Å². The third kappa shape index (κ3) is 11.8. The van der Waals surface area contributed by atoms with Gasteiger partial charge in [0.2, 0.25) is 0 Å². The van der Waals surface area contributed by atoms with E-state index in [-0.39, 0.29) is 12.1 Å². The van der Waals surface area contributed by atoms with Crippen LogP contribution in [0, 0.1) is 0 Å². The zero-order valence-electron chi connectivity index (χ0n) is 28.3. The van der Waals surface area contributed by atoms with Gasteiger partial charge in [-0.05, 0) is 83.3 Å². The van der Waals surface area contributed by atoms with E-state index in [1.807, 2.05) is 116 Å². The molecule has 4 rings (SSSR count). The highest BCUT2D eigenvalue weighted by Gasteiger charge is 2.44. The summed E-state index contributed by atoms with van der Waals surface area (Å²) in [5.74, 6) is 0.757. The minimum absolute atomic E-state index is 0.0629. The Morgan fingerprint density at radius 2 is 1.82 bits per heavy atom. The molecular weight excluding hydrogens is 568 g/mol. The van der Waals surface area contributed by atoms with E-state index in [0.29, 0.717) is 12.8 Å². The number of hydrogen-bond donors (Lipinski definition) is 5. The molecule has 5 N–H and O–H groups in total. The molecule has 0 bridgehead atoms. The number of H-pyrrole nitrogens is 1. The Morgan fingerprint density at radius 1 is 1.16 bits per heavy atom. The molecule has 1 aromatic heterocycles. The Kier molecular flexibility index (Phi) is 16.7. The van der Waals surface area contributed by atoms with Gasteiger partial charge in [0.25, 0.3) is 0 Å². The molecular formula is C34H52N8O3. The molecule has 0 radical (unpaired) electrons. The van der Waals surface area contributed by atoms with Gasteiger partial charge in [-0.2, -0.15) is 5.10 Å². The van der Waals surface area contributed by atoms with Crippen LogP contribution in [0.15, 0.2) is 72.5 Å². The molecule has 1 aromatic carbocycles. The lowest BCUT2D eigenvalue weighted by Crippen LogP contribution is -2.50. The third-order valence-electron chi connectivity index (χ3n) is 6.80. The summed E-state index contributed by atoms with van der Waals surface area (Å²) in [7, 11) is 7.75. The van der Waals surface area contributed by atoms with Crippen molar-refractivity contribution in [1.82, 2.24) is 30.6 Å². The van der Waals surface area contributed by atoms with Crippen LogP contribution < -0.4 is 21.3 Å². The van der Waals surface area contributed by atoms with Crippen molar-refractivity contribution >= 4 is 35.8 Å². The first-order valence-electron chi connectivity index (χ1n) is 15.1. The summed E-state index contributed by atoms with van der Waals surface area (Å²) in [5.41, 5.74) is 5.34. The number of fused-ring (bicyclic) bond motifs is 1. The van der Waals surface area contributed by atoms with E-state index in [1.165, 1.54) is 6.08 Å². The first kappa shape index (κ1) is 38.4. The number of hydrogen-bond acceptors (Lipinski definition) is 8. The van der Waals surface area contributed by atoms with Crippen LogP contribution >= 0.6 is 0 Å². The minimum Gasteiger partial charge on any atom is -0.388 e. The lowest BCUT2D eigenvalue weighted by molar-refractivity contribution is -0.105. The molecule has 11 heteroatoms. The first-order chi connectivity index (χ1) is 21.5. The normalized spacial score (nSPS) is 14.6. The number of aromatic nitrogens is 2. The van der Waals surface area contributed by atoms with Crippen LogP contribution in [-0.2, 0) is 21.7 Å². The van der Waals surface area contributed by atoms with Crippen LogP contribution in [0.2, 0.25) is 0 Å². The Bertz CT molecular complexity index is 1330. The number of rotatable bonds is 9. The Hall–Kier alpha value is -4.64. The number of carbonyl (C=O) groups excluding carboxylic acids is 3. The lowest BCUT2D eigenvalue weighted by Gasteiger charge is -2.33. The zero-order valence-corrected chi connectivity index (χ0v) is 28.3. The van der Waals surface area contributed by atoms with Crippen LogP contribution in [0.3, 0.4) is 0 Å². The number of aromatic amines is 1. The largest absolute Gasteiger partial charge is 0.388 e. The van der Waals surface area contributed by atoms with E-state index < -0.39 is 5.54 Å². The average Bonchev–Trinajstić information content (AvgIpc) is 3.44. The fourth-order valence-electron chi connectivity index (χ4n) is 4.61. The number of benzene rings is 1. The molecule has 2 amide bonds. The number of nitrogens with one attached hydrogen (secondary N) is 5. The number of likely N-dealkylation sites (N-methyl/N-ethyl adjacent to an activating group) is 2. The summed E-state index contributed by atoms with van der Waals surface area (Å²) in [5, 5.41) is 20.2. The van der Waals surface area contributed by atoms with Crippen molar-refractivity contribution in [1.29, 1.82) is 0 Å². The van der Waals surface area contributed by atoms with Crippen molar-refractivity contribution in [2.24, 2.45) is 0 Å². The number of carbonyl (C=O) groups is 3. The predicted molar refractivity (Wildman–Crippen MR) is 186 cm³/mol. The Morgan fingerprint density at radius 3 is 2.40 bits per heavy atom. The second kappa shape index (κ2) is 19.6. The van der Waals surface area contributed by atoms with Crippen molar-refractivity contribution in [3.8, 4) is 0 Å². The third-order valence-corrected chi connectivity index (χ3v) is 6.80. The van der Waals surface area contributed by atoms with Gasteiger partial charge in [-0.25, -0.2) is 4.79 Å². The summed E-state index contributed by atoms with van der Waals surface area (Å²) in [6, 6.07) is 8.01. The van der Waals surface area contributed by atoms with Crippen molar-refractivity contribution in [2.75, 3.05) is 45.4 Å². The highest BCUT2D eigenvalue weighted by atomic mass is 16.2. The molecule has 0 saturated heterocycles. The highest BCUT2D eigenvalue weighted by molar-refractivity contribution is 5.78. The molecule has 2 heterocycles. The molecule has 246 valence electrons. The molecule has 0 spiro atoms. The van der Waals surface area contributed by atoms with Crippen molar-refractivity contribution in [3.05, 3.63) is 83.8 Å². The van der Waals surface area contributed by atoms with Gasteiger partial charge in [-0.15, -0.1) is 0 Å². The minimum atomic E-state index is -0.461. The molecule has 45 heavy (non-hydrogen) atoms. The van der Waals surface area contributed by atoms with E-state index in [1.54, 1.807) is 0 Å². The molecule has 1 unspecified atom stereocenters. The van der Waals surface area contributed by atoms with Crippen molar-refractivity contribution < 1.29 is 14.4 Å². The standard InChI is InChI=1S/C20H31N7O.C9H11NO.C3H4O.C2H6/c1-13(11-26(5)6)22-19(28)27-12-16-17(20(27,2)3)24-25-18(16)23-15-9-7-8-14(10-15)21-4;1-10-9-4-2-3-8(7-11)5-6-9;1-2-3-4;1-2/h7-10,13,21H,11-12H2,1-6H3,(H,22,28)(H2,23,24,25);2,4-7,10H,3H2,1H3;2-3H,1H2;1-2H3. The van der Waals surface area contributed by atoms with Crippen LogP contribution in [0.25, 0.3) is 0 Å². The molecule has 1 aliphatic carbocycles. The first-order valence-corrected chi connectivity index (χ1v) is 15.1. The molecule has 1 atom stereocenters. The number of aldehydes is 2. The number of urea groups is 1. The van der Waals surface area contributed by atoms with Crippen LogP contribution in [0.5, 0.6) is 0 Å². The van der Waals surface area contributed by atoms with Crippen LogP contribution in [0.1, 0.15) is 52.3 Å². The van der Waals surface area contributed by atoms with Crippen molar-refractivity contribution in [2.45, 2.75) is 59.2 Å². The smallest absolute Gasteiger partial charge is 0.318 e. The summed E-state index contributed by atoms with van der Waals surface area (Å²) in [6.45, 7) is 14.5. The number of anilines is 3. The molecule has 0 saturated carbocycles. The van der Waals surface area contributed by atoms with Gasteiger partial charge >= 0.3 is 6.03 Å². The second-order valence-electron chi connectivity index (χ2n) is 10.8. The maximum Gasteiger partial charge on any atom is 0.318 e. The number of nitrogens with zero attached hydrogens (tertiary/aromatic N) is 3. The molecule has 1 aliphatic heterocycles.